The van der Waals surface area contributed by atoms with Gasteiger partial charge in [-0.1, -0.05) is 74.0 Å². The molecule has 1 aliphatic heterocycles. The Morgan fingerprint density at radius 1 is 0.909 bits per heavy atom. The molecule has 0 aliphatic carbocycles. The molecule has 0 unspecified atom stereocenters. The third-order valence-corrected chi connectivity index (χ3v) is 4.13. The van der Waals surface area contributed by atoms with Gasteiger partial charge < -0.3 is 5.11 Å². The molecule has 0 spiro atoms. The van der Waals surface area contributed by atoms with Crippen molar-refractivity contribution >= 4 is 0 Å². The van der Waals surface area contributed by atoms with Gasteiger partial charge in [0.2, 0.25) is 0 Å². The Balaban J connectivity index is 2.24. The lowest BCUT2D eigenvalue weighted by Crippen LogP contribution is -2.28. The van der Waals surface area contributed by atoms with Crippen LogP contribution in [0.1, 0.15) is 30.9 Å². The molecule has 3 rings (SSSR count). The Morgan fingerprint density at radius 2 is 1.45 bits per heavy atom. The maximum Gasteiger partial charge on any atom is 0.157 e. The average Bonchev–Trinajstić information content (AvgIpc) is 2.96. The molecule has 0 aromatic heterocycles. The fourth-order valence-corrected chi connectivity index (χ4v) is 3.10. The second-order valence-electron chi connectivity index (χ2n) is 5.48. The lowest BCUT2D eigenvalue weighted by atomic mass is 9.77. The molecule has 2 aromatic carbocycles. The standard InChI is InChI=1S/C19H20N2O/c1-2-9-18-17(14-22)19(21-20-18,15-10-5-3-6-11-15)16-12-7-4-8-13-16/h3-8,10-13,22H,2,9,14H2,1H3. The van der Waals surface area contributed by atoms with E-state index in [1.54, 1.807) is 0 Å². The lowest BCUT2D eigenvalue weighted by Gasteiger charge is -2.29. The van der Waals surface area contributed by atoms with Crippen LogP contribution in [0.15, 0.2) is 82.2 Å². The summed E-state index contributed by atoms with van der Waals surface area (Å²) in [6, 6.07) is 20.2. The first kappa shape index (κ1) is 14.7. The van der Waals surface area contributed by atoms with Crippen molar-refractivity contribution < 1.29 is 5.11 Å². The van der Waals surface area contributed by atoms with Gasteiger partial charge in [0.15, 0.2) is 5.54 Å². The van der Waals surface area contributed by atoms with E-state index in [-0.39, 0.29) is 6.61 Å². The zero-order valence-electron chi connectivity index (χ0n) is 12.7. The van der Waals surface area contributed by atoms with Crippen molar-refractivity contribution in [2.75, 3.05) is 6.61 Å². The fraction of sp³-hybridized carbons (Fsp3) is 0.263. The van der Waals surface area contributed by atoms with Crippen LogP contribution in [-0.2, 0) is 5.54 Å². The molecule has 0 bridgehead atoms. The number of nitrogens with zero attached hydrogens (tertiary/aromatic N) is 2. The smallest absolute Gasteiger partial charge is 0.157 e. The predicted octanol–water partition coefficient (Wildman–Crippen LogP) is 4.44. The van der Waals surface area contributed by atoms with Crippen LogP contribution in [0.5, 0.6) is 0 Å². The largest absolute Gasteiger partial charge is 0.392 e. The number of allylic oxidation sites excluding steroid dienone is 1. The summed E-state index contributed by atoms with van der Waals surface area (Å²) in [5.41, 5.74) is 3.20. The highest BCUT2D eigenvalue weighted by Gasteiger charge is 2.43. The summed E-state index contributed by atoms with van der Waals surface area (Å²) in [7, 11) is 0. The van der Waals surface area contributed by atoms with E-state index in [2.05, 4.69) is 41.4 Å². The second-order valence-corrected chi connectivity index (χ2v) is 5.48. The molecule has 0 atom stereocenters. The van der Waals surface area contributed by atoms with Crippen LogP contribution in [-0.4, -0.2) is 11.7 Å². The maximum atomic E-state index is 10.0. The normalized spacial score (nSPS) is 16.3. The predicted molar refractivity (Wildman–Crippen MR) is 87.5 cm³/mol. The van der Waals surface area contributed by atoms with Crippen LogP contribution in [0, 0.1) is 0 Å². The molecular weight excluding hydrogens is 272 g/mol. The van der Waals surface area contributed by atoms with Gasteiger partial charge in [-0.2, -0.15) is 10.2 Å². The van der Waals surface area contributed by atoms with Crippen LogP contribution in [0.4, 0.5) is 0 Å². The highest BCUT2D eigenvalue weighted by Crippen LogP contribution is 2.46. The second kappa shape index (κ2) is 6.24. The summed E-state index contributed by atoms with van der Waals surface area (Å²) in [6.07, 6.45) is 1.82. The number of benzene rings is 2. The van der Waals surface area contributed by atoms with Crippen LogP contribution in [0.25, 0.3) is 0 Å². The number of azo groups is 1. The van der Waals surface area contributed by atoms with E-state index < -0.39 is 5.54 Å². The Kier molecular flexibility index (Phi) is 4.16. The fourth-order valence-electron chi connectivity index (χ4n) is 3.10. The van der Waals surface area contributed by atoms with Gasteiger partial charge in [-0.05, 0) is 17.5 Å². The summed E-state index contributed by atoms with van der Waals surface area (Å²) in [5.74, 6) is 0. The van der Waals surface area contributed by atoms with Crippen molar-refractivity contribution in [3.8, 4) is 0 Å². The van der Waals surface area contributed by atoms with Crippen LogP contribution in [0.2, 0.25) is 0 Å². The van der Waals surface area contributed by atoms with Crippen molar-refractivity contribution in [3.05, 3.63) is 83.1 Å². The minimum Gasteiger partial charge on any atom is -0.392 e. The minimum absolute atomic E-state index is 0.0356. The van der Waals surface area contributed by atoms with Gasteiger partial charge in [0, 0.05) is 5.57 Å². The number of hydrogen-bond acceptors (Lipinski definition) is 3. The topological polar surface area (TPSA) is 45.0 Å². The molecule has 3 nitrogen and oxygen atoms in total. The average molecular weight is 292 g/mol. The van der Waals surface area contributed by atoms with Crippen molar-refractivity contribution in [1.82, 2.24) is 0 Å². The molecule has 0 radical (unpaired) electrons. The molecule has 0 fully saturated rings. The molecular formula is C19H20N2O. The summed E-state index contributed by atoms with van der Waals surface area (Å²) < 4.78 is 0. The number of hydrogen-bond donors (Lipinski definition) is 1. The number of aliphatic hydroxyl groups excluding tert-OH is 1. The Labute approximate surface area is 131 Å². The molecule has 2 aromatic rings. The Bertz CT molecular complexity index is 650. The van der Waals surface area contributed by atoms with Gasteiger partial charge in [0.25, 0.3) is 0 Å². The third kappa shape index (κ3) is 2.28. The van der Waals surface area contributed by atoms with Gasteiger partial charge >= 0.3 is 0 Å². The molecule has 112 valence electrons. The quantitative estimate of drug-likeness (QED) is 0.869. The zero-order chi connectivity index (χ0) is 15.4. The van der Waals surface area contributed by atoms with Gasteiger partial charge in [0.05, 0.1) is 12.3 Å². The van der Waals surface area contributed by atoms with Gasteiger partial charge in [-0.25, -0.2) is 0 Å². The zero-order valence-corrected chi connectivity index (χ0v) is 12.7. The molecule has 0 saturated heterocycles. The van der Waals surface area contributed by atoms with E-state index >= 15 is 0 Å². The minimum atomic E-state index is -0.693. The van der Waals surface area contributed by atoms with Crippen LogP contribution in [0.3, 0.4) is 0 Å². The molecule has 3 heteroatoms. The van der Waals surface area contributed by atoms with Crippen LogP contribution < -0.4 is 0 Å². The van der Waals surface area contributed by atoms with E-state index in [1.807, 2.05) is 36.4 Å². The molecule has 22 heavy (non-hydrogen) atoms. The molecule has 0 amide bonds. The highest BCUT2D eigenvalue weighted by molar-refractivity contribution is 5.51. The van der Waals surface area contributed by atoms with Crippen molar-refractivity contribution in [2.45, 2.75) is 25.3 Å². The Hall–Kier alpha value is -2.26. The van der Waals surface area contributed by atoms with Crippen molar-refractivity contribution in [3.63, 3.8) is 0 Å². The van der Waals surface area contributed by atoms with Crippen molar-refractivity contribution in [1.29, 1.82) is 0 Å². The molecule has 0 saturated carbocycles. The molecule has 1 heterocycles. The summed E-state index contributed by atoms with van der Waals surface area (Å²) in [5, 5.41) is 19.1. The monoisotopic (exact) mass is 292 g/mol. The van der Waals surface area contributed by atoms with Crippen molar-refractivity contribution in [2.24, 2.45) is 10.2 Å². The SMILES string of the molecule is CCCC1=C(CO)C(c2ccccc2)(c2ccccc2)N=N1. The molecule has 1 aliphatic rings. The summed E-state index contributed by atoms with van der Waals surface area (Å²) in [4.78, 5) is 0. The lowest BCUT2D eigenvalue weighted by molar-refractivity contribution is 0.313. The van der Waals surface area contributed by atoms with Gasteiger partial charge in [-0.15, -0.1) is 0 Å². The number of aliphatic hydroxyl groups is 1. The van der Waals surface area contributed by atoms with Gasteiger partial charge in [0.1, 0.15) is 0 Å². The molecule has 1 N–H and O–H groups in total. The number of rotatable bonds is 5. The van der Waals surface area contributed by atoms with E-state index in [0.717, 1.165) is 35.2 Å². The highest BCUT2D eigenvalue weighted by atomic mass is 16.3. The van der Waals surface area contributed by atoms with Gasteiger partial charge in [-0.3, -0.25) is 0 Å². The van der Waals surface area contributed by atoms with Crippen LogP contribution >= 0.6 is 0 Å². The van der Waals surface area contributed by atoms with E-state index in [0.29, 0.717) is 0 Å². The summed E-state index contributed by atoms with van der Waals surface area (Å²) in [6.45, 7) is 2.08. The Morgan fingerprint density at radius 3 is 1.91 bits per heavy atom. The first-order valence-corrected chi connectivity index (χ1v) is 7.70. The maximum absolute atomic E-state index is 10.0. The van der Waals surface area contributed by atoms with E-state index in [1.165, 1.54) is 0 Å². The third-order valence-electron chi connectivity index (χ3n) is 4.13. The summed E-state index contributed by atoms with van der Waals surface area (Å²) >= 11 is 0. The first-order chi connectivity index (χ1) is 10.8. The van der Waals surface area contributed by atoms with E-state index in [4.69, 9.17) is 0 Å². The van der Waals surface area contributed by atoms with E-state index in [9.17, 15) is 5.11 Å². The first-order valence-electron chi connectivity index (χ1n) is 7.70.